The van der Waals surface area contributed by atoms with Gasteiger partial charge >= 0.3 is 0 Å². The summed E-state index contributed by atoms with van der Waals surface area (Å²) in [4.78, 5) is 6.49. The van der Waals surface area contributed by atoms with Crippen molar-refractivity contribution in [3.8, 4) is 0 Å². The van der Waals surface area contributed by atoms with Crippen LogP contribution >= 0.6 is 11.5 Å². The van der Waals surface area contributed by atoms with Crippen molar-refractivity contribution in [1.82, 2.24) is 14.3 Å². The Kier molecular flexibility index (Phi) is 3.31. The maximum absolute atomic E-state index is 4.10. The van der Waals surface area contributed by atoms with Crippen molar-refractivity contribution in [2.45, 2.75) is 12.8 Å². The van der Waals surface area contributed by atoms with Crippen molar-refractivity contribution in [2.75, 3.05) is 32.0 Å². The minimum Gasteiger partial charge on any atom is -0.360 e. The highest BCUT2D eigenvalue weighted by Crippen LogP contribution is 2.17. The maximum atomic E-state index is 4.10. The first-order chi connectivity index (χ1) is 6.84. The molecule has 1 aromatic rings. The van der Waals surface area contributed by atoms with Gasteiger partial charge in [0.15, 0.2) is 0 Å². The lowest BCUT2D eigenvalue weighted by Gasteiger charge is -2.28. The van der Waals surface area contributed by atoms with Gasteiger partial charge in [0.05, 0.1) is 0 Å². The Hall–Kier alpha value is -0.680. The van der Waals surface area contributed by atoms with Crippen molar-refractivity contribution in [1.29, 1.82) is 0 Å². The van der Waals surface area contributed by atoms with Crippen LogP contribution in [-0.4, -0.2) is 40.9 Å². The number of hydrogen-bond donors (Lipinski definition) is 1. The van der Waals surface area contributed by atoms with E-state index in [1.165, 1.54) is 37.5 Å². The molecule has 1 saturated heterocycles. The summed E-state index contributed by atoms with van der Waals surface area (Å²) in [7, 11) is 2.19. The number of aromatic nitrogens is 2. The third-order valence-electron chi connectivity index (χ3n) is 2.74. The lowest BCUT2D eigenvalue weighted by molar-refractivity contribution is 0.226. The number of likely N-dealkylation sites (tertiary alicyclic amines) is 1. The topological polar surface area (TPSA) is 41.0 Å². The van der Waals surface area contributed by atoms with E-state index in [0.717, 1.165) is 17.6 Å². The molecule has 1 aliphatic rings. The molecule has 0 unspecified atom stereocenters. The van der Waals surface area contributed by atoms with Crippen LogP contribution in [0.15, 0.2) is 6.33 Å². The van der Waals surface area contributed by atoms with Crippen LogP contribution in [0.1, 0.15) is 12.8 Å². The molecule has 2 rings (SSSR count). The Balaban J connectivity index is 1.71. The average molecular weight is 212 g/mol. The van der Waals surface area contributed by atoms with Crippen LogP contribution in [-0.2, 0) is 0 Å². The molecule has 4 nitrogen and oxygen atoms in total. The van der Waals surface area contributed by atoms with Crippen molar-refractivity contribution in [2.24, 2.45) is 5.92 Å². The van der Waals surface area contributed by atoms with E-state index >= 15 is 0 Å². The summed E-state index contributed by atoms with van der Waals surface area (Å²) < 4.78 is 3.96. The molecule has 0 atom stereocenters. The fraction of sp³-hybridized carbons (Fsp3) is 0.778. The normalized spacial score (nSPS) is 19.8. The second-order valence-electron chi connectivity index (χ2n) is 3.87. The number of hydrogen-bond acceptors (Lipinski definition) is 5. The van der Waals surface area contributed by atoms with Crippen LogP contribution in [0.2, 0.25) is 0 Å². The van der Waals surface area contributed by atoms with Crippen molar-refractivity contribution >= 4 is 16.7 Å². The molecule has 78 valence electrons. The van der Waals surface area contributed by atoms with Crippen molar-refractivity contribution in [3.05, 3.63) is 6.33 Å². The highest BCUT2D eigenvalue weighted by molar-refractivity contribution is 7.09. The van der Waals surface area contributed by atoms with Gasteiger partial charge in [-0.2, -0.15) is 4.37 Å². The van der Waals surface area contributed by atoms with Gasteiger partial charge in [0.1, 0.15) is 6.33 Å². The molecule has 0 amide bonds. The standard InChI is InChI=1S/C9H16N4S/c1-13-4-2-8(3-5-13)6-10-9-11-7-12-14-9/h7-8H,2-6H2,1H3,(H,10,11,12). The maximum Gasteiger partial charge on any atom is 0.202 e. The van der Waals surface area contributed by atoms with Gasteiger partial charge in [0.2, 0.25) is 5.13 Å². The lowest BCUT2D eigenvalue weighted by atomic mass is 9.97. The first-order valence-corrected chi connectivity index (χ1v) is 5.81. The largest absolute Gasteiger partial charge is 0.360 e. The van der Waals surface area contributed by atoms with E-state index in [4.69, 9.17) is 0 Å². The summed E-state index contributed by atoms with van der Waals surface area (Å²) in [5.74, 6) is 0.801. The smallest absolute Gasteiger partial charge is 0.202 e. The number of piperidine rings is 1. The third kappa shape index (κ3) is 2.65. The molecular weight excluding hydrogens is 196 g/mol. The van der Waals surface area contributed by atoms with E-state index in [1.807, 2.05) is 0 Å². The minimum absolute atomic E-state index is 0.801. The molecule has 1 fully saturated rings. The fourth-order valence-corrected chi connectivity index (χ4v) is 2.19. The average Bonchev–Trinajstić information content (AvgIpc) is 2.70. The molecule has 5 heteroatoms. The fourth-order valence-electron chi connectivity index (χ4n) is 1.75. The van der Waals surface area contributed by atoms with Crippen LogP contribution < -0.4 is 5.32 Å². The number of nitrogens with one attached hydrogen (secondary N) is 1. The van der Waals surface area contributed by atoms with Gasteiger partial charge in [-0.15, -0.1) is 0 Å². The van der Waals surface area contributed by atoms with Crippen LogP contribution in [0.25, 0.3) is 0 Å². The Morgan fingerprint density at radius 2 is 2.36 bits per heavy atom. The van der Waals surface area contributed by atoms with Gasteiger partial charge in [-0.1, -0.05) is 0 Å². The second-order valence-corrected chi connectivity index (χ2v) is 4.65. The van der Waals surface area contributed by atoms with E-state index < -0.39 is 0 Å². The number of nitrogens with zero attached hydrogens (tertiary/aromatic N) is 3. The van der Waals surface area contributed by atoms with Crippen LogP contribution in [0.4, 0.5) is 5.13 Å². The summed E-state index contributed by atoms with van der Waals surface area (Å²) >= 11 is 1.43. The van der Waals surface area contributed by atoms with Crippen molar-refractivity contribution in [3.63, 3.8) is 0 Å². The van der Waals surface area contributed by atoms with Crippen molar-refractivity contribution < 1.29 is 0 Å². The molecule has 0 bridgehead atoms. The van der Waals surface area contributed by atoms with Gasteiger partial charge in [-0.05, 0) is 38.9 Å². The molecule has 0 aliphatic carbocycles. The highest BCUT2D eigenvalue weighted by Gasteiger charge is 2.16. The van der Waals surface area contributed by atoms with E-state index in [0.29, 0.717) is 0 Å². The molecule has 0 spiro atoms. The summed E-state index contributed by atoms with van der Waals surface area (Å²) in [5.41, 5.74) is 0. The predicted molar refractivity (Wildman–Crippen MR) is 58.6 cm³/mol. The summed E-state index contributed by atoms with van der Waals surface area (Å²) in [6, 6.07) is 0. The SMILES string of the molecule is CN1CCC(CNc2ncns2)CC1. The quantitative estimate of drug-likeness (QED) is 0.820. The predicted octanol–water partition coefficient (Wildman–Crippen LogP) is 1.29. The second kappa shape index (κ2) is 4.70. The van der Waals surface area contributed by atoms with E-state index in [1.54, 1.807) is 6.33 Å². The molecular formula is C9H16N4S. The molecule has 0 aromatic carbocycles. The summed E-state index contributed by atoms with van der Waals surface area (Å²) in [6.07, 6.45) is 4.19. The zero-order valence-electron chi connectivity index (χ0n) is 8.44. The zero-order chi connectivity index (χ0) is 9.80. The lowest BCUT2D eigenvalue weighted by Crippen LogP contribution is -2.32. The van der Waals surface area contributed by atoms with Crippen LogP contribution in [0.5, 0.6) is 0 Å². The molecule has 14 heavy (non-hydrogen) atoms. The summed E-state index contributed by atoms with van der Waals surface area (Å²) in [5, 5.41) is 4.28. The zero-order valence-corrected chi connectivity index (χ0v) is 9.26. The molecule has 0 saturated carbocycles. The van der Waals surface area contributed by atoms with Crippen LogP contribution in [0.3, 0.4) is 0 Å². The van der Waals surface area contributed by atoms with Gasteiger partial charge in [-0.3, -0.25) is 0 Å². The van der Waals surface area contributed by atoms with Gasteiger partial charge in [-0.25, -0.2) is 4.98 Å². The highest BCUT2D eigenvalue weighted by atomic mass is 32.1. The Labute approximate surface area is 88.5 Å². The minimum atomic E-state index is 0.801. The van der Waals surface area contributed by atoms with E-state index in [2.05, 4.69) is 26.6 Å². The van der Waals surface area contributed by atoms with Crippen LogP contribution in [0, 0.1) is 5.92 Å². The molecule has 0 radical (unpaired) electrons. The first-order valence-electron chi connectivity index (χ1n) is 5.03. The van der Waals surface area contributed by atoms with Gasteiger partial charge in [0, 0.05) is 18.1 Å². The first kappa shape index (κ1) is 9.86. The van der Waals surface area contributed by atoms with Gasteiger partial charge in [0.25, 0.3) is 0 Å². The molecule has 1 aromatic heterocycles. The van der Waals surface area contributed by atoms with E-state index in [-0.39, 0.29) is 0 Å². The molecule has 1 N–H and O–H groups in total. The van der Waals surface area contributed by atoms with E-state index in [9.17, 15) is 0 Å². The molecule has 1 aliphatic heterocycles. The Bertz CT molecular complexity index is 254. The third-order valence-corrected chi connectivity index (χ3v) is 3.36. The number of anilines is 1. The molecule has 2 heterocycles. The number of rotatable bonds is 3. The summed E-state index contributed by atoms with van der Waals surface area (Å²) in [6.45, 7) is 3.49. The Morgan fingerprint density at radius 3 is 3.00 bits per heavy atom. The van der Waals surface area contributed by atoms with Gasteiger partial charge < -0.3 is 10.2 Å². The monoisotopic (exact) mass is 212 g/mol. The Morgan fingerprint density at radius 1 is 1.57 bits per heavy atom.